The molecule has 1 amide bonds. The number of nitrogens with one attached hydrogen (secondary N) is 1. The topological polar surface area (TPSA) is 58.6 Å². The molecule has 0 aliphatic carbocycles. The van der Waals surface area contributed by atoms with Gasteiger partial charge in [0, 0.05) is 0 Å². The molecule has 0 saturated heterocycles. The number of hydrogen-bond acceptors (Lipinski definition) is 6. The van der Waals surface area contributed by atoms with Crippen molar-refractivity contribution < 1.29 is 14.3 Å². The summed E-state index contributed by atoms with van der Waals surface area (Å²) in [5, 5.41) is 2.52. The van der Waals surface area contributed by atoms with Gasteiger partial charge in [0.05, 0.1) is 6.54 Å². The third kappa shape index (κ3) is 4.93. The van der Waals surface area contributed by atoms with Crippen molar-refractivity contribution in [3.8, 4) is 0 Å². The van der Waals surface area contributed by atoms with Crippen molar-refractivity contribution in [3.05, 3.63) is 0 Å². The largest absolute Gasteiger partial charge is 0.437 e. The van der Waals surface area contributed by atoms with E-state index in [4.69, 9.17) is 0 Å². The molecule has 11 heavy (non-hydrogen) atoms. The first kappa shape index (κ1) is 10.6. The summed E-state index contributed by atoms with van der Waals surface area (Å²) in [4.78, 5) is 21.1. The Bertz CT molecular complexity index is 161. The first-order valence-corrected chi connectivity index (χ1v) is 3.45. The summed E-state index contributed by atoms with van der Waals surface area (Å²) >= 11 is 6.97. The minimum absolute atomic E-state index is 0.0267. The molecular formula is C4H8N2O3S2. The number of rotatable bonds is 2. The first-order valence-electron chi connectivity index (χ1n) is 2.65. The van der Waals surface area contributed by atoms with E-state index in [1.165, 1.54) is 0 Å². The smallest absolute Gasteiger partial charge is 0.374 e. The Morgan fingerprint density at radius 3 is 2.45 bits per heavy atom. The molecule has 0 aromatic heterocycles. The summed E-state index contributed by atoms with van der Waals surface area (Å²) in [5.74, 6) is -0.675. The van der Waals surface area contributed by atoms with E-state index in [1.807, 2.05) is 0 Å². The predicted octanol–water partition coefficient (Wildman–Crippen LogP) is -0.139. The van der Waals surface area contributed by atoms with E-state index in [2.05, 4.69) is 35.7 Å². The van der Waals surface area contributed by atoms with Gasteiger partial charge in [-0.25, -0.2) is 4.79 Å². The fourth-order valence-electron chi connectivity index (χ4n) is 0.319. The van der Waals surface area contributed by atoms with Crippen LogP contribution in [-0.2, 0) is 9.53 Å². The van der Waals surface area contributed by atoms with E-state index in [9.17, 15) is 9.59 Å². The molecular weight excluding hydrogens is 188 g/mol. The van der Waals surface area contributed by atoms with Crippen LogP contribution in [0.25, 0.3) is 0 Å². The molecule has 0 bridgehead atoms. The lowest BCUT2D eigenvalue weighted by Crippen LogP contribution is -2.26. The molecule has 0 radical (unpaired) electrons. The van der Waals surface area contributed by atoms with Crippen molar-refractivity contribution in [2.24, 2.45) is 0 Å². The number of amides is 1. The zero-order chi connectivity index (χ0) is 8.85. The number of thiol groups is 2. The molecule has 0 heterocycles. The molecule has 0 fully saturated rings. The van der Waals surface area contributed by atoms with Crippen LogP contribution < -0.4 is 5.32 Å². The van der Waals surface area contributed by atoms with Gasteiger partial charge in [-0.3, -0.25) is 4.79 Å². The molecule has 0 atom stereocenters. The quantitative estimate of drug-likeness (QED) is 0.327. The number of esters is 1. The van der Waals surface area contributed by atoms with Gasteiger partial charge < -0.3 is 10.1 Å². The number of nitrogens with zero attached hydrogens (tertiary/aromatic N) is 1. The van der Waals surface area contributed by atoms with Gasteiger partial charge in [-0.2, -0.15) is 3.71 Å². The zero-order valence-electron chi connectivity index (χ0n) is 5.77. The molecule has 0 rings (SSSR count). The van der Waals surface area contributed by atoms with Gasteiger partial charge in [-0.05, 0) is 32.7 Å². The average Bonchev–Trinajstić information content (AvgIpc) is 1.87. The van der Waals surface area contributed by atoms with Crippen LogP contribution in [0.2, 0.25) is 0 Å². The van der Waals surface area contributed by atoms with Crippen molar-refractivity contribution in [1.82, 2.24) is 9.03 Å². The van der Waals surface area contributed by atoms with E-state index < -0.39 is 12.1 Å². The Morgan fingerprint density at radius 1 is 1.55 bits per heavy atom. The minimum Gasteiger partial charge on any atom is -0.374 e. The molecule has 1 N–H and O–H groups in total. The van der Waals surface area contributed by atoms with E-state index in [-0.39, 0.29) is 6.54 Å². The fourth-order valence-corrected chi connectivity index (χ4v) is 0.400. The number of ether oxygens (including phenoxy) is 1. The normalized spacial score (nSPS) is 9.00. The van der Waals surface area contributed by atoms with Gasteiger partial charge in [0.15, 0.2) is 0 Å². The SMILES string of the molecule is CNCC(=O)OC(=O)N(S)S. The lowest BCUT2D eigenvalue weighted by atomic mass is 10.7. The number of hydrogen-bond donors (Lipinski definition) is 3. The Kier molecular flexibility index (Phi) is 5.08. The van der Waals surface area contributed by atoms with Crippen molar-refractivity contribution in [3.63, 3.8) is 0 Å². The van der Waals surface area contributed by atoms with Crippen molar-refractivity contribution >= 4 is 37.7 Å². The third-order valence-corrected chi connectivity index (χ3v) is 1.01. The molecule has 0 saturated carbocycles. The summed E-state index contributed by atoms with van der Waals surface area (Å²) in [7, 11) is 1.56. The monoisotopic (exact) mass is 196 g/mol. The Balaban J connectivity index is 3.67. The van der Waals surface area contributed by atoms with Crippen LogP contribution in [0.4, 0.5) is 4.79 Å². The maximum absolute atomic E-state index is 10.6. The molecule has 0 spiro atoms. The fraction of sp³-hybridized carbons (Fsp3) is 0.500. The predicted molar refractivity (Wildman–Crippen MR) is 45.2 cm³/mol. The minimum atomic E-state index is -0.920. The molecule has 5 nitrogen and oxygen atoms in total. The summed E-state index contributed by atoms with van der Waals surface area (Å²) in [6.07, 6.45) is -0.920. The molecule has 0 aliphatic heterocycles. The number of carbonyl (C=O) groups is 2. The summed E-state index contributed by atoms with van der Waals surface area (Å²) in [5.41, 5.74) is 0. The van der Waals surface area contributed by atoms with E-state index in [1.54, 1.807) is 7.05 Å². The first-order chi connectivity index (χ1) is 5.07. The highest BCUT2D eigenvalue weighted by molar-refractivity contribution is 7.94. The maximum atomic E-state index is 10.6. The lowest BCUT2D eigenvalue weighted by Gasteiger charge is -2.05. The van der Waals surface area contributed by atoms with Crippen LogP contribution in [-0.4, -0.2) is 29.4 Å². The van der Waals surface area contributed by atoms with E-state index in [0.29, 0.717) is 3.71 Å². The summed E-state index contributed by atoms with van der Waals surface area (Å²) in [6.45, 7) is -0.0267. The van der Waals surface area contributed by atoms with Crippen LogP contribution in [0.15, 0.2) is 0 Å². The molecule has 0 aliphatic rings. The molecule has 64 valence electrons. The number of likely N-dealkylation sites (N-methyl/N-ethyl adjacent to an activating group) is 1. The molecule has 0 aromatic carbocycles. The van der Waals surface area contributed by atoms with Crippen LogP contribution in [0.5, 0.6) is 0 Å². The van der Waals surface area contributed by atoms with Gasteiger partial charge in [-0.1, -0.05) is 0 Å². The Hall–Kier alpha value is -0.400. The third-order valence-electron chi connectivity index (χ3n) is 0.686. The van der Waals surface area contributed by atoms with Crippen molar-refractivity contribution in [2.75, 3.05) is 13.6 Å². The lowest BCUT2D eigenvalue weighted by molar-refractivity contribution is -0.136. The van der Waals surface area contributed by atoms with Gasteiger partial charge >= 0.3 is 12.1 Å². The summed E-state index contributed by atoms with van der Waals surface area (Å²) in [6, 6.07) is 0. The van der Waals surface area contributed by atoms with E-state index in [0.717, 1.165) is 0 Å². The van der Waals surface area contributed by atoms with Crippen LogP contribution in [0, 0.1) is 0 Å². The highest BCUT2D eigenvalue weighted by Gasteiger charge is 2.11. The maximum Gasteiger partial charge on any atom is 0.437 e. The van der Waals surface area contributed by atoms with Gasteiger partial charge in [0.2, 0.25) is 0 Å². The summed E-state index contributed by atoms with van der Waals surface area (Å²) < 4.78 is 4.76. The second-order valence-electron chi connectivity index (χ2n) is 1.56. The second kappa shape index (κ2) is 5.28. The Labute approximate surface area is 75.2 Å². The van der Waals surface area contributed by atoms with Crippen LogP contribution >= 0.6 is 25.6 Å². The van der Waals surface area contributed by atoms with Crippen LogP contribution in [0.3, 0.4) is 0 Å². The molecule has 7 heteroatoms. The van der Waals surface area contributed by atoms with E-state index >= 15 is 0 Å². The molecule has 0 unspecified atom stereocenters. The highest BCUT2D eigenvalue weighted by Crippen LogP contribution is 2.00. The second-order valence-corrected chi connectivity index (χ2v) is 2.68. The van der Waals surface area contributed by atoms with Crippen molar-refractivity contribution in [1.29, 1.82) is 0 Å². The highest BCUT2D eigenvalue weighted by atomic mass is 32.2. The average molecular weight is 196 g/mol. The van der Waals surface area contributed by atoms with Gasteiger partial charge in [0.1, 0.15) is 0 Å². The zero-order valence-corrected chi connectivity index (χ0v) is 7.56. The van der Waals surface area contributed by atoms with Gasteiger partial charge in [-0.15, -0.1) is 0 Å². The Morgan fingerprint density at radius 2 is 2.09 bits per heavy atom. The van der Waals surface area contributed by atoms with Gasteiger partial charge in [0.25, 0.3) is 0 Å². The molecule has 0 aromatic rings. The standard InChI is InChI=1S/C4H8N2O3S2/c1-5-2-3(7)9-4(8)6(10)11/h5,10-11H,2H2,1H3. The van der Waals surface area contributed by atoms with Crippen molar-refractivity contribution in [2.45, 2.75) is 0 Å². The van der Waals surface area contributed by atoms with Crippen LogP contribution in [0.1, 0.15) is 0 Å². The number of carbonyl (C=O) groups excluding carboxylic acids is 2.